The predicted octanol–water partition coefficient (Wildman–Crippen LogP) is 7.87. The largest absolute Gasteiger partial charge is 0.271 e. The molecule has 0 spiro atoms. The molecule has 4 aromatic rings. The van der Waals surface area contributed by atoms with Crippen LogP contribution in [0.3, 0.4) is 0 Å². The van der Waals surface area contributed by atoms with Crippen molar-refractivity contribution in [1.82, 2.24) is 4.67 Å². The van der Waals surface area contributed by atoms with Crippen LogP contribution in [0.25, 0.3) is 0 Å². The summed E-state index contributed by atoms with van der Waals surface area (Å²) < 4.78 is 2.94. The van der Waals surface area contributed by atoms with Crippen LogP contribution in [0.15, 0.2) is 121 Å². The zero-order valence-electron chi connectivity index (χ0n) is 20.7. The van der Waals surface area contributed by atoms with Crippen molar-refractivity contribution in [3.05, 3.63) is 132 Å². The van der Waals surface area contributed by atoms with E-state index >= 15 is 0 Å². The maximum atomic E-state index is 2.94. The summed E-state index contributed by atoms with van der Waals surface area (Å²) in [6, 6.07) is 45.6. The number of unbranched alkanes of at least 4 members (excludes halogenated alkanes) is 1. The topological polar surface area (TPSA) is 3.24 Å². The van der Waals surface area contributed by atoms with Crippen LogP contribution >= 0.6 is 8.07 Å². The van der Waals surface area contributed by atoms with E-state index in [2.05, 4.69) is 133 Å². The molecule has 1 aliphatic rings. The van der Waals surface area contributed by atoms with E-state index in [4.69, 9.17) is 0 Å². The van der Waals surface area contributed by atoms with Crippen molar-refractivity contribution >= 4 is 18.7 Å². The van der Waals surface area contributed by atoms with Gasteiger partial charge in [-0.1, -0.05) is 135 Å². The summed E-state index contributed by atoms with van der Waals surface area (Å²) in [7, 11) is -0.638. The minimum Gasteiger partial charge on any atom is -0.271 e. The molecule has 0 amide bonds. The van der Waals surface area contributed by atoms with Gasteiger partial charge in [-0.3, -0.25) is 4.67 Å². The molecule has 0 heterocycles. The fraction of sp³-hybridized carbons (Fsp3) is 0.273. The molecule has 0 unspecified atom stereocenters. The highest BCUT2D eigenvalue weighted by Gasteiger charge is 2.44. The lowest BCUT2D eigenvalue weighted by Crippen LogP contribution is -2.42. The molecule has 2 heteroatoms. The molecule has 1 saturated carbocycles. The van der Waals surface area contributed by atoms with E-state index in [1.54, 1.807) is 0 Å². The number of benzene rings is 4. The third kappa shape index (κ3) is 5.43. The second-order valence-electron chi connectivity index (χ2n) is 9.60. The van der Waals surface area contributed by atoms with Gasteiger partial charge in [-0.15, -0.1) is 0 Å². The first-order valence-electron chi connectivity index (χ1n) is 13.1. The van der Waals surface area contributed by atoms with E-state index in [0.29, 0.717) is 17.9 Å². The molecule has 0 aliphatic heterocycles. The van der Waals surface area contributed by atoms with Gasteiger partial charge in [0.05, 0.1) is 0 Å². The summed E-state index contributed by atoms with van der Waals surface area (Å²) in [5, 5.41) is 2.91. The molecule has 0 aromatic heterocycles. The molecule has 0 saturated heterocycles. The van der Waals surface area contributed by atoms with Crippen molar-refractivity contribution in [3.8, 4) is 0 Å². The van der Waals surface area contributed by atoms with E-state index in [1.165, 1.54) is 47.4 Å². The Hall–Kier alpha value is -2.73. The fourth-order valence-electron chi connectivity index (χ4n) is 5.81. The van der Waals surface area contributed by atoms with Crippen LogP contribution in [0.5, 0.6) is 0 Å². The number of hydrogen-bond acceptors (Lipinski definition) is 1. The van der Waals surface area contributed by atoms with Gasteiger partial charge < -0.3 is 0 Å². The smallest absolute Gasteiger partial charge is 0.0284 e. The fourth-order valence-corrected chi connectivity index (χ4v) is 8.54. The van der Waals surface area contributed by atoms with E-state index in [-0.39, 0.29) is 0 Å². The predicted molar refractivity (Wildman–Crippen MR) is 152 cm³/mol. The Morgan fingerprint density at radius 2 is 1.00 bits per heavy atom. The zero-order valence-corrected chi connectivity index (χ0v) is 21.6. The van der Waals surface area contributed by atoms with Crippen molar-refractivity contribution in [3.63, 3.8) is 0 Å². The van der Waals surface area contributed by atoms with Crippen molar-refractivity contribution in [2.75, 3.05) is 6.54 Å². The highest BCUT2D eigenvalue weighted by atomic mass is 31.1. The minimum atomic E-state index is -0.638. The van der Waals surface area contributed by atoms with Crippen LogP contribution in [0.2, 0.25) is 0 Å². The zero-order chi connectivity index (χ0) is 23.9. The molecular formula is C33H36NP. The molecule has 1 aliphatic carbocycles. The first-order chi connectivity index (χ1) is 17.4. The quantitative estimate of drug-likeness (QED) is 0.222. The van der Waals surface area contributed by atoms with Gasteiger partial charge in [-0.25, -0.2) is 0 Å². The van der Waals surface area contributed by atoms with E-state index < -0.39 is 8.07 Å². The Bertz CT molecular complexity index is 1060. The van der Waals surface area contributed by atoms with E-state index in [1.807, 2.05) is 0 Å². The van der Waals surface area contributed by atoms with Crippen LogP contribution in [-0.2, 0) is 0 Å². The lowest BCUT2D eigenvalue weighted by Gasteiger charge is -2.42. The normalized spacial score (nSPS) is 18.4. The molecule has 2 atom stereocenters. The van der Waals surface area contributed by atoms with Gasteiger partial charge in [0.1, 0.15) is 0 Å². The molecule has 5 rings (SSSR count). The molecule has 35 heavy (non-hydrogen) atoms. The second kappa shape index (κ2) is 11.8. The monoisotopic (exact) mass is 477 g/mol. The Balaban J connectivity index is 1.65. The summed E-state index contributed by atoms with van der Waals surface area (Å²) >= 11 is 0. The molecular weight excluding hydrogens is 441 g/mol. The molecule has 4 aromatic carbocycles. The van der Waals surface area contributed by atoms with Crippen molar-refractivity contribution in [2.45, 2.75) is 50.5 Å². The van der Waals surface area contributed by atoms with Gasteiger partial charge in [0.2, 0.25) is 0 Å². The Morgan fingerprint density at radius 1 is 0.600 bits per heavy atom. The molecule has 0 bridgehead atoms. The van der Waals surface area contributed by atoms with Crippen LogP contribution in [0, 0.1) is 0 Å². The lowest BCUT2D eigenvalue weighted by atomic mass is 9.87. The molecule has 1 nitrogen and oxygen atoms in total. The van der Waals surface area contributed by atoms with Gasteiger partial charge in [0.15, 0.2) is 0 Å². The van der Waals surface area contributed by atoms with E-state index in [0.717, 1.165) is 6.54 Å². The second-order valence-corrected chi connectivity index (χ2v) is 11.8. The van der Waals surface area contributed by atoms with Gasteiger partial charge in [-0.05, 0) is 41.0 Å². The van der Waals surface area contributed by atoms with E-state index in [9.17, 15) is 0 Å². The third-order valence-corrected chi connectivity index (χ3v) is 9.97. The van der Waals surface area contributed by atoms with Gasteiger partial charge in [0.25, 0.3) is 0 Å². The molecule has 178 valence electrons. The summed E-state index contributed by atoms with van der Waals surface area (Å²) in [5.41, 5.74) is 2.99. The van der Waals surface area contributed by atoms with Crippen LogP contribution in [0.4, 0.5) is 0 Å². The van der Waals surface area contributed by atoms with Crippen molar-refractivity contribution in [2.24, 2.45) is 0 Å². The van der Waals surface area contributed by atoms with Crippen LogP contribution in [0.1, 0.15) is 55.6 Å². The Labute approximate surface area is 212 Å². The van der Waals surface area contributed by atoms with Crippen molar-refractivity contribution < 1.29 is 0 Å². The summed E-state index contributed by atoms with van der Waals surface area (Å²) in [6.45, 7) is 3.45. The number of nitrogens with zero attached hydrogens (tertiary/aromatic N) is 1. The number of rotatable bonds is 9. The Kier molecular flexibility index (Phi) is 8.09. The summed E-state index contributed by atoms with van der Waals surface area (Å²) in [5.74, 6) is 1.08. The lowest BCUT2D eigenvalue weighted by molar-refractivity contribution is 0.296. The number of hydrogen-bond donors (Lipinski definition) is 0. The van der Waals surface area contributed by atoms with Crippen LogP contribution in [-0.4, -0.2) is 17.3 Å². The summed E-state index contributed by atoms with van der Waals surface area (Å²) in [4.78, 5) is 0. The highest BCUT2D eigenvalue weighted by Crippen LogP contribution is 2.53. The van der Waals surface area contributed by atoms with Gasteiger partial charge >= 0.3 is 0 Å². The third-order valence-electron chi connectivity index (χ3n) is 7.41. The molecule has 0 N–H and O–H groups in total. The maximum absolute atomic E-state index is 2.94. The van der Waals surface area contributed by atoms with Crippen molar-refractivity contribution in [1.29, 1.82) is 0 Å². The first-order valence-corrected chi connectivity index (χ1v) is 14.4. The first kappa shape index (κ1) is 24.0. The minimum absolute atomic E-state index is 0.470. The van der Waals surface area contributed by atoms with Gasteiger partial charge in [-0.2, -0.15) is 0 Å². The average molecular weight is 478 g/mol. The Morgan fingerprint density at radius 3 is 1.40 bits per heavy atom. The average Bonchev–Trinajstić information content (AvgIpc) is 3.38. The van der Waals surface area contributed by atoms with Crippen LogP contribution < -0.4 is 10.6 Å². The SMILES string of the molecule is CCCCN(C1[C@H](c2ccccc2)CC[C@H]1c1ccccc1)P(c1ccccc1)c1ccccc1. The van der Waals surface area contributed by atoms with Gasteiger partial charge in [0, 0.05) is 32.5 Å². The highest BCUT2D eigenvalue weighted by molar-refractivity contribution is 7.70. The standard InChI is InChI=1S/C33H36NP/c1-2-3-26-34(35(29-20-12-6-13-21-29)30-22-14-7-15-23-30)33-31(27-16-8-4-9-17-27)24-25-32(33)28-18-10-5-11-19-28/h4-23,31-33H,2-3,24-26H2,1H3/t31-,32-/m0/s1. The molecule has 1 fully saturated rings. The maximum Gasteiger partial charge on any atom is 0.0284 e. The summed E-state index contributed by atoms with van der Waals surface area (Å²) in [6.07, 6.45) is 4.91. The molecule has 0 radical (unpaired) electrons.